The Kier molecular flexibility index (Phi) is 3.85. The van der Waals surface area contributed by atoms with Gasteiger partial charge in [0.05, 0.1) is 11.3 Å². The number of nitrogens with zero attached hydrogens (tertiary/aromatic N) is 1. The number of rotatable bonds is 4. The second-order valence-electron chi connectivity index (χ2n) is 3.97. The molecule has 0 aliphatic rings. The Balaban J connectivity index is 2.50. The first-order valence-corrected chi connectivity index (χ1v) is 7.07. The first-order chi connectivity index (χ1) is 9.83. The van der Waals surface area contributed by atoms with E-state index in [1.165, 1.54) is 18.2 Å². The minimum atomic E-state index is -4.37. The van der Waals surface area contributed by atoms with Gasteiger partial charge in [0, 0.05) is 6.20 Å². The van der Waals surface area contributed by atoms with Crippen molar-refractivity contribution in [3.63, 3.8) is 0 Å². The molecule has 0 aliphatic carbocycles. The Hall–Kier alpha value is -2.55. The van der Waals surface area contributed by atoms with Crippen LogP contribution in [0, 0.1) is 17.0 Å². The van der Waals surface area contributed by atoms with E-state index in [2.05, 4.69) is 4.98 Å². The van der Waals surface area contributed by atoms with Crippen LogP contribution in [0.5, 0.6) is 0 Å². The first-order valence-electron chi connectivity index (χ1n) is 5.59. The molecule has 2 aromatic rings. The van der Waals surface area contributed by atoms with Crippen LogP contribution in [-0.2, 0) is 10.0 Å². The second kappa shape index (κ2) is 5.44. The minimum Gasteiger partial charge on any atom is -0.384 e. The highest BCUT2D eigenvalue weighted by atomic mass is 32.2. The second-order valence-corrected chi connectivity index (χ2v) is 5.57. The fourth-order valence-corrected chi connectivity index (χ4v) is 2.73. The van der Waals surface area contributed by atoms with Gasteiger partial charge in [0.1, 0.15) is 11.7 Å². The van der Waals surface area contributed by atoms with Crippen LogP contribution >= 0.6 is 0 Å². The lowest BCUT2D eigenvalue weighted by Crippen LogP contribution is -2.21. The molecule has 110 valence electrons. The molecule has 1 aromatic heterocycles. The van der Waals surface area contributed by atoms with Crippen molar-refractivity contribution in [2.45, 2.75) is 5.03 Å². The van der Waals surface area contributed by atoms with Gasteiger partial charge in [-0.2, -0.15) is 8.42 Å². The number of halogens is 2. The van der Waals surface area contributed by atoms with Crippen molar-refractivity contribution in [3.8, 4) is 0 Å². The zero-order valence-electron chi connectivity index (χ0n) is 10.5. The van der Waals surface area contributed by atoms with E-state index in [0.717, 1.165) is 18.3 Å². The summed E-state index contributed by atoms with van der Waals surface area (Å²) in [5, 5.41) is 6.46. The smallest absolute Gasteiger partial charge is 0.282 e. The predicted octanol–water partition coefficient (Wildman–Crippen LogP) is 1.44. The molecule has 0 saturated heterocycles. The number of hydrogen-bond acceptors (Lipinski definition) is 4. The standard InChI is InChI=1S/C12H10F2N4O2S/c13-7-3-1-5-9(10(7)11(15)16)18-21(19,20)12-8(14)4-2-6-17-12/h1-6,18H,(H3,15,16). The van der Waals surface area contributed by atoms with Gasteiger partial charge in [0.25, 0.3) is 10.0 Å². The maximum absolute atomic E-state index is 13.6. The molecule has 0 saturated carbocycles. The van der Waals surface area contributed by atoms with Crippen LogP contribution in [0.25, 0.3) is 0 Å². The molecular formula is C12H10F2N4O2S. The zero-order valence-corrected chi connectivity index (χ0v) is 11.3. The van der Waals surface area contributed by atoms with Gasteiger partial charge in [0.15, 0.2) is 5.82 Å². The van der Waals surface area contributed by atoms with Gasteiger partial charge < -0.3 is 5.73 Å². The third-order valence-corrected chi connectivity index (χ3v) is 3.80. The normalized spacial score (nSPS) is 11.1. The third-order valence-electron chi connectivity index (χ3n) is 2.51. The molecule has 9 heteroatoms. The van der Waals surface area contributed by atoms with Crippen LogP contribution in [0.3, 0.4) is 0 Å². The van der Waals surface area contributed by atoms with Crippen LogP contribution in [0.15, 0.2) is 41.6 Å². The molecule has 0 spiro atoms. The van der Waals surface area contributed by atoms with Crippen LogP contribution in [0.2, 0.25) is 0 Å². The highest BCUT2D eigenvalue weighted by molar-refractivity contribution is 7.92. The fourth-order valence-electron chi connectivity index (χ4n) is 1.64. The molecule has 21 heavy (non-hydrogen) atoms. The zero-order chi connectivity index (χ0) is 15.6. The number of nitrogen functional groups attached to an aromatic ring is 1. The quantitative estimate of drug-likeness (QED) is 0.586. The lowest BCUT2D eigenvalue weighted by atomic mass is 10.1. The topological polar surface area (TPSA) is 109 Å². The average Bonchev–Trinajstić information content (AvgIpc) is 2.38. The number of nitrogens with one attached hydrogen (secondary N) is 2. The SMILES string of the molecule is N=C(N)c1c(F)cccc1NS(=O)(=O)c1ncccc1F. The van der Waals surface area contributed by atoms with E-state index >= 15 is 0 Å². The Bertz CT molecular complexity index is 809. The van der Waals surface area contributed by atoms with Crippen molar-refractivity contribution in [2.75, 3.05) is 4.72 Å². The van der Waals surface area contributed by atoms with Gasteiger partial charge in [-0.3, -0.25) is 10.1 Å². The molecule has 2 rings (SSSR count). The number of sulfonamides is 1. The van der Waals surface area contributed by atoms with Crippen molar-refractivity contribution in [1.82, 2.24) is 4.98 Å². The van der Waals surface area contributed by atoms with Crippen LogP contribution in [-0.4, -0.2) is 19.2 Å². The first kappa shape index (κ1) is 14.9. The van der Waals surface area contributed by atoms with Crippen molar-refractivity contribution in [3.05, 3.63) is 53.7 Å². The molecular weight excluding hydrogens is 302 g/mol. The Morgan fingerprint density at radius 1 is 1.19 bits per heavy atom. The number of pyridine rings is 1. The summed E-state index contributed by atoms with van der Waals surface area (Å²) >= 11 is 0. The summed E-state index contributed by atoms with van der Waals surface area (Å²) in [6.07, 6.45) is 1.11. The Morgan fingerprint density at radius 3 is 2.48 bits per heavy atom. The molecule has 0 atom stereocenters. The largest absolute Gasteiger partial charge is 0.384 e. The molecule has 0 aliphatic heterocycles. The summed E-state index contributed by atoms with van der Waals surface area (Å²) in [7, 11) is -4.37. The van der Waals surface area contributed by atoms with E-state index < -0.39 is 38.1 Å². The summed E-state index contributed by atoms with van der Waals surface area (Å²) in [4.78, 5) is 3.44. The Labute approximate surface area is 119 Å². The van der Waals surface area contributed by atoms with Crippen molar-refractivity contribution >= 4 is 21.5 Å². The average molecular weight is 312 g/mol. The van der Waals surface area contributed by atoms with Crippen molar-refractivity contribution < 1.29 is 17.2 Å². The molecule has 0 amide bonds. The van der Waals surface area contributed by atoms with Crippen LogP contribution in [0.4, 0.5) is 14.5 Å². The maximum atomic E-state index is 13.6. The van der Waals surface area contributed by atoms with Gasteiger partial charge >= 0.3 is 0 Å². The van der Waals surface area contributed by atoms with E-state index in [0.29, 0.717) is 0 Å². The molecule has 0 bridgehead atoms. The van der Waals surface area contributed by atoms with Crippen molar-refractivity contribution in [1.29, 1.82) is 5.41 Å². The number of hydrogen-bond donors (Lipinski definition) is 3. The van der Waals surface area contributed by atoms with E-state index in [1.807, 2.05) is 4.72 Å². The van der Waals surface area contributed by atoms with Crippen LogP contribution < -0.4 is 10.5 Å². The van der Waals surface area contributed by atoms with Gasteiger partial charge in [0.2, 0.25) is 5.03 Å². The van der Waals surface area contributed by atoms with Gasteiger partial charge in [-0.05, 0) is 24.3 Å². The maximum Gasteiger partial charge on any atom is 0.282 e. The highest BCUT2D eigenvalue weighted by Gasteiger charge is 2.23. The summed E-state index contributed by atoms with van der Waals surface area (Å²) in [6.45, 7) is 0. The fraction of sp³-hybridized carbons (Fsp3) is 0. The van der Waals surface area contributed by atoms with Gasteiger partial charge in [-0.25, -0.2) is 13.8 Å². The predicted molar refractivity (Wildman–Crippen MR) is 72.4 cm³/mol. The molecule has 4 N–H and O–H groups in total. The van der Waals surface area contributed by atoms with Crippen LogP contribution in [0.1, 0.15) is 5.56 Å². The molecule has 6 nitrogen and oxygen atoms in total. The summed E-state index contributed by atoms with van der Waals surface area (Å²) < 4.78 is 53.2. The van der Waals surface area contributed by atoms with Gasteiger partial charge in [-0.1, -0.05) is 6.07 Å². The minimum absolute atomic E-state index is 0.271. The van der Waals surface area contributed by atoms with Gasteiger partial charge in [-0.15, -0.1) is 0 Å². The summed E-state index contributed by atoms with van der Waals surface area (Å²) in [6, 6.07) is 5.62. The molecule has 0 unspecified atom stereocenters. The van der Waals surface area contributed by atoms with E-state index in [-0.39, 0.29) is 5.69 Å². The number of amidine groups is 1. The third kappa shape index (κ3) is 2.97. The molecule has 0 radical (unpaired) electrons. The number of aromatic nitrogens is 1. The molecule has 0 fully saturated rings. The highest BCUT2D eigenvalue weighted by Crippen LogP contribution is 2.22. The number of anilines is 1. The van der Waals surface area contributed by atoms with E-state index in [9.17, 15) is 17.2 Å². The Morgan fingerprint density at radius 2 is 1.86 bits per heavy atom. The number of nitrogens with two attached hydrogens (primary N) is 1. The lowest BCUT2D eigenvalue weighted by Gasteiger charge is -2.12. The monoisotopic (exact) mass is 312 g/mol. The molecule has 1 heterocycles. The summed E-state index contributed by atoms with van der Waals surface area (Å²) in [5.41, 5.74) is 4.53. The molecule has 1 aromatic carbocycles. The van der Waals surface area contributed by atoms with Crippen molar-refractivity contribution in [2.24, 2.45) is 5.73 Å². The lowest BCUT2D eigenvalue weighted by molar-refractivity contribution is 0.557. The summed E-state index contributed by atoms with van der Waals surface area (Å²) in [5.74, 6) is -2.58. The number of benzene rings is 1. The van der Waals surface area contributed by atoms with E-state index in [1.54, 1.807) is 0 Å². The van der Waals surface area contributed by atoms with E-state index in [4.69, 9.17) is 11.1 Å².